The molecular weight excluding hydrogens is 270 g/mol. The molecule has 2 aliphatic heterocycles. The Morgan fingerprint density at radius 3 is 2.60 bits per heavy atom. The van der Waals surface area contributed by atoms with Crippen molar-refractivity contribution in [3.05, 3.63) is 42.2 Å². The molecule has 2 aromatic rings. The quantitative estimate of drug-likeness (QED) is 0.876. The molecule has 2 atom stereocenters. The molecule has 2 fully saturated rings. The smallest absolute Gasteiger partial charge is 0.109 e. The number of pyridine rings is 1. The van der Waals surface area contributed by atoms with E-state index in [1.807, 2.05) is 30.3 Å². The summed E-state index contributed by atoms with van der Waals surface area (Å²) in [5.74, 6) is 0. The number of aromatic nitrogens is 1. The van der Waals surface area contributed by atoms with Crippen molar-refractivity contribution in [2.75, 3.05) is 0 Å². The van der Waals surface area contributed by atoms with Gasteiger partial charge in [-0.25, -0.2) is 0 Å². The first kappa shape index (κ1) is 12.5. The first-order chi connectivity index (χ1) is 9.67. The van der Waals surface area contributed by atoms with Gasteiger partial charge in [0.15, 0.2) is 0 Å². The highest BCUT2D eigenvalue weighted by atomic mass is 32.2. The number of fused-ring (bicyclic) bond motifs is 3. The monoisotopic (exact) mass is 287 g/mol. The van der Waals surface area contributed by atoms with Crippen LogP contribution in [0.1, 0.15) is 31.4 Å². The average Bonchev–Trinajstić information content (AvgIpc) is 2.70. The Hall–Kier alpha value is -1.26. The Morgan fingerprint density at radius 2 is 1.85 bits per heavy atom. The average molecular weight is 287 g/mol. The highest BCUT2D eigenvalue weighted by Gasteiger charge is 2.49. The van der Waals surface area contributed by atoms with Gasteiger partial charge in [-0.15, -0.1) is 0 Å². The van der Waals surface area contributed by atoms with Gasteiger partial charge in [0.25, 0.3) is 0 Å². The Balaban J connectivity index is 1.85. The van der Waals surface area contributed by atoms with Crippen LogP contribution in [0.15, 0.2) is 36.5 Å². The van der Waals surface area contributed by atoms with E-state index in [9.17, 15) is 9.32 Å². The van der Waals surface area contributed by atoms with Crippen molar-refractivity contribution in [2.45, 2.75) is 41.8 Å². The molecule has 1 N–H and O–H groups in total. The zero-order valence-corrected chi connectivity index (χ0v) is 12.0. The van der Waals surface area contributed by atoms with Gasteiger partial charge in [0, 0.05) is 32.9 Å². The summed E-state index contributed by atoms with van der Waals surface area (Å²) in [5, 5.41) is 13.5. The van der Waals surface area contributed by atoms with Gasteiger partial charge in [-0.1, -0.05) is 24.3 Å². The van der Waals surface area contributed by atoms with Crippen LogP contribution in [-0.2, 0) is 16.4 Å². The van der Waals surface area contributed by atoms with Gasteiger partial charge in [-0.3, -0.25) is 9.19 Å². The minimum absolute atomic E-state index is 0.138. The molecular formula is C16H17NO2S. The second-order valence-electron chi connectivity index (χ2n) is 5.97. The van der Waals surface area contributed by atoms with E-state index < -0.39 is 16.4 Å². The minimum atomic E-state index is -0.916. The van der Waals surface area contributed by atoms with E-state index in [1.165, 1.54) is 0 Å². The fourth-order valence-corrected chi connectivity index (χ4v) is 5.93. The van der Waals surface area contributed by atoms with E-state index in [1.54, 1.807) is 6.20 Å². The number of benzene rings is 1. The fraction of sp³-hybridized carbons (Fsp3) is 0.438. The van der Waals surface area contributed by atoms with E-state index in [0.29, 0.717) is 12.8 Å². The van der Waals surface area contributed by atoms with Gasteiger partial charge in [0.2, 0.25) is 0 Å². The van der Waals surface area contributed by atoms with Crippen LogP contribution in [0.2, 0.25) is 0 Å². The normalized spacial score (nSPS) is 36.4. The van der Waals surface area contributed by atoms with Gasteiger partial charge < -0.3 is 5.11 Å². The molecule has 2 saturated heterocycles. The van der Waals surface area contributed by atoms with E-state index in [4.69, 9.17) is 0 Å². The molecule has 0 radical (unpaired) electrons. The number of hydrogen-bond acceptors (Lipinski definition) is 3. The van der Waals surface area contributed by atoms with Gasteiger partial charge in [-0.05, 0) is 37.1 Å². The third kappa shape index (κ3) is 1.75. The maximum absolute atomic E-state index is 12.1. The standard InChI is InChI=1S/C16H17NO2S/c18-16(9-12-5-6-13(10-16)20(12)19)15-14-4-2-1-3-11(14)7-8-17-15/h1-4,7-8,12-13,18H,5-6,9-10H2. The summed E-state index contributed by atoms with van der Waals surface area (Å²) in [4.78, 5) is 4.48. The summed E-state index contributed by atoms with van der Waals surface area (Å²) in [6, 6.07) is 10.0. The molecule has 20 heavy (non-hydrogen) atoms. The summed E-state index contributed by atoms with van der Waals surface area (Å²) < 4.78 is 12.1. The van der Waals surface area contributed by atoms with Gasteiger partial charge in [0.1, 0.15) is 5.60 Å². The second-order valence-corrected chi connectivity index (χ2v) is 7.96. The van der Waals surface area contributed by atoms with E-state index in [2.05, 4.69) is 4.98 Å². The topological polar surface area (TPSA) is 50.2 Å². The summed E-state index contributed by atoms with van der Waals surface area (Å²) in [6.07, 6.45) is 4.88. The molecule has 1 aromatic carbocycles. The first-order valence-electron chi connectivity index (χ1n) is 7.13. The van der Waals surface area contributed by atoms with Crippen LogP contribution in [0, 0.1) is 0 Å². The summed E-state index contributed by atoms with van der Waals surface area (Å²) >= 11 is 0. The fourth-order valence-electron chi connectivity index (χ4n) is 3.77. The highest BCUT2D eigenvalue weighted by molar-refractivity contribution is 7.86. The molecule has 0 spiro atoms. The van der Waals surface area contributed by atoms with Gasteiger partial charge in [0.05, 0.1) is 5.69 Å². The van der Waals surface area contributed by atoms with Crippen LogP contribution in [0.25, 0.3) is 10.8 Å². The van der Waals surface area contributed by atoms with Crippen LogP contribution in [0.4, 0.5) is 0 Å². The molecule has 4 rings (SSSR count). The highest BCUT2D eigenvalue weighted by Crippen LogP contribution is 2.46. The first-order valence-corrected chi connectivity index (χ1v) is 8.41. The van der Waals surface area contributed by atoms with Crippen molar-refractivity contribution in [3.8, 4) is 0 Å². The van der Waals surface area contributed by atoms with Crippen molar-refractivity contribution in [3.63, 3.8) is 0 Å². The van der Waals surface area contributed by atoms with Crippen LogP contribution < -0.4 is 0 Å². The Bertz CT molecular complexity index is 678. The van der Waals surface area contributed by atoms with Crippen LogP contribution in [-0.4, -0.2) is 24.8 Å². The Kier molecular flexibility index (Phi) is 2.72. The number of hydrogen-bond donors (Lipinski definition) is 1. The van der Waals surface area contributed by atoms with Crippen molar-refractivity contribution in [1.29, 1.82) is 0 Å². The molecule has 0 aliphatic carbocycles. The molecule has 2 aliphatic rings. The third-order valence-corrected chi connectivity index (χ3v) is 6.83. The number of nitrogens with zero attached hydrogens (tertiary/aromatic N) is 1. The molecule has 2 bridgehead atoms. The van der Waals surface area contributed by atoms with Crippen LogP contribution in [0.5, 0.6) is 0 Å². The van der Waals surface area contributed by atoms with Crippen LogP contribution >= 0.6 is 0 Å². The lowest BCUT2D eigenvalue weighted by Crippen LogP contribution is -2.41. The lowest BCUT2D eigenvalue weighted by molar-refractivity contribution is 0.0158. The molecule has 0 amide bonds. The largest absolute Gasteiger partial charge is 0.383 e. The molecule has 3 heterocycles. The third-order valence-electron chi connectivity index (χ3n) is 4.71. The van der Waals surface area contributed by atoms with Crippen molar-refractivity contribution >= 4 is 21.6 Å². The van der Waals surface area contributed by atoms with Crippen molar-refractivity contribution < 1.29 is 9.32 Å². The summed E-state index contributed by atoms with van der Waals surface area (Å²) in [6.45, 7) is 0. The molecule has 3 nitrogen and oxygen atoms in total. The number of aliphatic hydroxyl groups is 1. The minimum Gasteiger partial charge on any atom is -0.383 e. The maximum atomic E-state index is 12.1. The molecule has 0 saturated carbocycles. The predicted octanol–water partition coefficient (Wildman–Crippen LogP) is 2.50. The molecule has 1 aromatic heterocycles. The number of rotatable bonds is 1. The predicted molar refractivity (Wildman–Crippen MR) is 79.8 cm³/mol. The second kappa shape index (κ2) is 4.37. The summed E-state index contributed by atoms with van der Waals surface area (Å²) in [7, 11) is -0.760. The van der Waals surface area contributed by atoms with E-state index >= 15 is 0 Å². The summed E-state index contributed by atoms with van der Waals surface area (Å²) in [5.41, 5.74) is -0.148. The lowest BCUT2D eigenvalue weighted by Gasteiger charge is -2.35. The Labute approximate surface area is 120 Å². The van der Waals surface area contributed by atoms with Gasteiger partial charge in [-0.2, -0.15) is 0 Å². The maximum Gasteiger partial charge on any atom is 0.109 e. The molecule has 104 valence electrons. The van der Waals surface area contributed by atoms with E-state index in [0.717, 1.165) is 29.3 Å². The van der Waals surface area contributed by atoms with Gasteiger partial charge >= 0.3 is 0 Å². The molecule has 2 unspecified atom stereocenters. The van der Waals surface area contributed by atoms with Crippen LogP contribution in [0.3, 0.4) is 0 Å². The zero-order chi connectivity index (χ0) is 13.7. The zero-order valence-electron chi connectivity index (χ0n) is 11.2. The Morgan fingerprint density at radius 1 is 1.15 bits per heavy atom. The lowest BCUT2D eigenvalue weighted by atomic mass is 9.87. The van der Waals surface area contributed by atoms with Crippen molar-refractivity contribution in [1.82, 2.24) is 4.98 Å². The van der Waals surface area contributed by atoms with Crippen molar-refractivity contribution in [2.24, 2.45) is 0 Å². The van der Waals surface area contributed by atoms with E-state index in [-0.39, 0.29) is 10.5 Å². The SMILES string of the molecule is O=S1C2CCC1CC(O)(c1nccc3ccccc13)C2. The molecule has 4 heteroatoms.